The lowest BCUT2D eigenvalue weighted by molar-refractivity contribution is 0.504. The SMILES string of the molecule is Cc1cnc(NCC2CCCC2N)nc1. The molecule has 1 aliphatic rings. The lowest BCUT2D eigenvalue weighted by Crippen LogP contribution is -2.29. The van der Waals surface area contributed by atoms with Crippen LogP contribution in [0.5, 0.6) is 0 Å². The minimum atomic E-state index is 0.350. The first-order valence-corrected chi connectivity index (χ1v) is 5.54. The Morgan fingerprint density at radius 2 is 2.13 bits per heavy atom. The van der Waals surface area contributed by atoms with Crippen LogP contribution in [0.4, 0.5) is 5.95 Å². The van der Waals surface area contributed by atoms with Gasteiger partial charge in [-0.2, -0.15) is 0 Å². The standard InChI is InChI=1S/C11H18N4/c1-8-5-13-11(14-6-8)15-7-9-3-2-4-10(9)12/h5-6,9-10H,2-4,7,12H2,1H3,(H,13,14,15). The second-order valence-electron chi connectivity index (χ2n) is 4.32. The van der Waals surface area contributed by atoms with Crippen molar-refractivity contribution in [2.45, 2.75) is 32.2 Å². The molecule has 4 nitrogen and oxygen atoms in total. The third kappa shape index (κ3) is 2.65. The van der Waals surface area contributed by atoms with Crippen molar-refractivity contribution in [2.75, 3.05) is 11.9 Å². The fourth-order valence-corrected chi connectivity index (χ4v) is 2.03. The molecule has 2 rings (SSSR count). The molecule has 3 N–H and O–H groups in total. The molecule has 0 aliphatic heterocycles. The van der Waals surface area contributed by atoms with Gasteiger partial charge in [0, 0.05) is 25.0 Å². The molecule has 2 unspecified atom stereocenters. The van der Waals surface area contributed by atoms with E-state index in [0.29, 0.717) is 17.9 Å². The number of hydrogen-bond donors (Lipinski definition) is 2. The number of nitrogens with zero attached hydrogens (tertiary/aromatic N) is 2. The van der Waals surface area contributed by atoms with Crippen LogP contribution in [0.1, 0.15) is 24.8 Å². The first-order valence-electron chi connectivity index (χ1n) is 5.54. The van der Waals surface area contributed by atoms with Crippen molar-refractivity contribution in [2.24, 2.45) is 11.7 Å². The maximum Gasteiger partial charge on any atom is 0.222 e. The molecule has 82 valence electrons. The number of anilines is 1. The molecule has 0 bridgehead atoms. The average molecular weight is 206 g/mol. The van der Waals surface area contributed by atoms with Gasteiger partial charge in [-0.3, -0.25) is 0 Å². The van der Waals surface area contributed by atoms with Gasteiger partial charge in [0.05, 0.1) is 0 Å². The minimum Gasteiger partial charge on any atom is -0.354 e. The molecule has 0 aromatic carbocycles. The van der Waals surface area contributed by atoms with E-state index in [-0.39, 0.29) is 0 Å². The first kappa shape index (κ1) is 10.4. The molecule has 0 saturated heterocycles. The largest absolute Gasteiger partial charge is 0.354 e. The molecule has 2 atom stereocenters. The van der Waals surface area contributed by atoms with Gasteiger partial charge in [-0.15, -0.1) is 0 Å². The van der Waals surface area contributed by atoms with Gasteiger partial charge in [0.25, 0.3) is 0 Å². The summed E-state index contributed by atoms with van der Waals surface area (Å²) in [6.07, 6.45) is 7.28. The minimum absolute atomic E-state index is 0.350. The zero-order valence-corrected chi connectivity index (χ0v) is 9.11. The van der Waals surface area contributed by atoms with E-state index in [1.54, 1.807) is 0 Å². The van der Waals surface area contributed by atoms with Gasteiger partial charge in [-0.1, -0.05) is 6.42 Å². The molecule has 1 aliphatic carbocycles. The highest BCUT2D eigenvalue weighted by Gasteiger charge is 2.23. The normalized spacial score (nSPS) is 25.5. The van der Waals surface area contributed by atoms with Crippen LogP contribution in [0, 0.1) is 12.8 Å². The van der Waals surface area contributed by atoms with E-state index in [2.05, 4.69) is 15.3 Å². The molecule has 0 radical (unpaired) electrons. The predicted molar refractivity (Wildman–Crippen MR) is 60.6 cm³/mol. The van der Waals surface area contributed by atoms with E-state index in [4.69, 9.17) is 5.73 Å². The molecule has 0 spiro atoms. The molecule has 1 heterocycles. The van der Waals surface area contributed by atoms with Crippen LogP contribution in [0.15, 0.2) is 12.4 Å². The van der Waals surface area contributed by atoms with Gasteiger partial charge in [0.1, 0.15) is 0 Å². The van der Waals surface area contributed by atoms with E-state index in [1.807, 2.05) is 19.3 Å². The van der Waals surface area contributed by atoms with Gasteiger partial charge in [0.15, 0.2) is 0 Å². The Kier molecular flexibility index (Phi) is 3.16. The van der Waals surface area contributed by atoms with Gasteiger partial charge >= 0.3 is 0 Å². The summed E-state index contributed by atoms with van der Waals surface area (Å²) >= 11 is 0. The van der Waals surface area contributed by atoms with Crippen molar-refractivity contribution < 1.29 is 0 Å². The molecule has 15 heavy (non-hydrogen) atoms. The van der Waals surface area contributed by atoms with E-state index >= 15 is 0 Å². The third-order valence-electron chi connectivity index (χ3n) is 3.02. The maximum absolute atomic E-state index is 5.99. The van der Waals surface area contributed by atoms with Gasteiger partial charge < -0.3 is 11.1 Å². The fraction of sp³-hybridized carbons (Fsp3) is 0.636. The van der Waals surface area contributed by atoms with Crippen molar-refractivity contribution in [3.63, 3.8) is 0 Å². The predicted octanol–water partition coefficient (Wildman–Crippen LogP) is 1.32. The van der Waals surface area contributed by atoms with E-state index < -0.39 is 0 Å². The molecule has 1 aromatic rings. The van der Waals surface area contributed by atoms with E-state index in [1.165, 1.54) is 12.8 Å². The van der Waals surface area contributed by atoms with Gasteiger partial charge in [-0.05, 0) is 31.2 Å². The highest BCUT2D eigenvalue weighted by atomic mass is 15.1. The lowest BCUT2D eigenvalue weighted by Gasteiger charge is -2.15. The summed E-state index contributed by atoms with van der Waals surface area (Å²) in [7, 11) is 0. The van der Waals surface area contributed by atoms with Crippen molar-refractivity contribution in [3.05, 3.63) is 18.0 Å². The Balaban J connectivity index is 1.85. The van der Waals surface area contributed by atoms with Crippen molar-refractivity contribution >= 4 is 5.95 Å². The maximum atomic E-state index is 5.99. The topological polar surface area (TPSA) is 63.8 Å². The van der Waals surface area contributed by atoms with Crippen molar-refractivity contribution in [1.29, 1.82) is 0 Å². The molecule has 1 saturated carbocycles. The van der Waals surface area contributed by atoms with Crippen LogP contribution in [-0.4, -0.2) is 22.6 Å². The van der Waals surface area contributed by atoms with Gasteiger partial charge in [0.2, 0.25) is 5.95 Å². The highest BCUT2D eigenvalue weighted by molar-refractivity contribution is 5.24. The number of nitrogens with two attached hydrogens (primary N) is 1. The number of nitrogens with one attached hydrogen (secondary N) is 1. The third-order valence-corrected chi connectivity index (χ3v) is 3.02. The van der Waals surface area contributed by atoms with Crippen LogP contribution < -0.4 is 11.1 Å². The second kappa shape index (κ2) is 4.57. The molecule has 1 aromatic heterocycles. The molecule has 4 heteroatoms. The van der Waals surface area contributed by atoms with Gasteiger partial charge in [-0.25, -0.2) is 9.97 Å². The highest BCUT2D eigenvalue weighted by Crippen LogP contribution is 2.23. The lowest BCUT2D eigenvalue weighted by atomic mass is 10.1. The monoisotopic (exact) mass is 206 g/mol. The summed E-state index contributed by atoms with van der Waals surface area (Å²) in [6, 6.07) is 0.350. The summed E-state index contributed by atoms with van der Waals surface area (Å²) in [5.74, 6) is 1.29. The summed E-state index contributed by atoms with van der Waals surface area (Å²) in [5, 5.41) is 3.24. The molecular weight excluding hydrogens is 188 g/mol. The zero-order valence-electron chi connectivity index (χ0n) is 9.11. The molecule has 0 amide bonds. The number of aryl methyl sites for hydroxylation is 1. The smallest absolute Gasteiger partial charge is 0.222 e. The Hall–Kier alpha value is -1.16. The molecular formula is C11H18N4. The summed E-state index contributed by atoms with van der Waals surface area (Å²) < 4.78 is 0. The quantitative estimate of drug-likeness (QED) is 0.783. The van der Waals surface area contributed by atoms with Crippen LogP contribution in [0.25, 0.3) is 0 Å². The van der Waals surface area contributed by atoms with E-state index in [9.17, 15) is 0 Å². The van der Waals surface area contributed by atoms with E-state index in [0.717, 1.165) is 18.5 Å². The summed E-state index contributed by atoms with van der Waals surface area (Å²) in [4.78, 5) is 8.40. The number of hydrogen-bond acceptors (Lipinski definition) is 4. The number of aromatic nitrogens is 2. The Morgan fingerprint density at radius 3 is 2.73 bits per heavy atom. The Labute approximate surface area is 90.3 Å². The average Bonchev–Trinajstić information content (AvgIpc) is 2.63. The molecule has 1 fully saturated rings. The van der Waals surface area contributed by atoms with Crippen LogP contribution in [-0.2, 0) is 0 Å². The van der Waals surface area contributed by atoms with Crippen molar-refractivity contribution in [3.8, 4) is 0 Å². The summed E-state index contributed by atoms with van der Waals surface area (Å²) in [5.41, 5.74) is 7.07. The van der Waals surface area contributed by atoms with Crippen LogP contribution in [0.3, 0.4) is 0 Å². The second-order valence-corrected chi connectivity index (χ2v) is 4.32. The Bertz CT molecular complexity index is 309. The first-order chi connectivity index (χ1) is 7.25. The zero-order chi connectivity index (χ0) is 10.7. The summed E-state index contributed by atoms with van der Waals surface area (Å²) in [6.45, 7) is 2.88. The van der Waals surface area contributed by atoms with Crippen LogP contribution >= 0.6 is 0 Å². The number of rotatable bonds is 3. The van der Waals surface area contributed by atoms with Crippen LogP contribution in [0.2, 0.25) is 0 Å². The Morgan fingerprint density at radius 1 is 1.40 bits per heavy atom. The van der Waals surface area contributed by atoms with Crippen molar-refractivity contribution in [1.82, 2.24) is 9.97 Å². The fourth-order valence-electron chi connectivity index (χ4n) is 2.03.